The molecule has 0 saturated heterocycles. The molecular formula is C30H41N3O7. The van der Waals surface area contributed by atoms with Gasteiger partial charge in [-0.15, -0.1) is 6.58 Å². The quantitative estimate of drug-likeness (QED) is 0.334. The van der Waals surface area contributed by atoms with E-state index in [4.69, 9.17) is 19.9 Å². The van der Waals surface area contributed by atoms with Gasteiger partial charge in [0.1, 0.15) is 6.10 Å². The van der Waals surface area contributed by atoms with Crippen LogP contribution in [-0.2, 0) is 28.6 Å². The van der Waals surface area contributed by atoms with Crippen molar-refractivity contribution in [2.75, 3.05) is 20.8 Å². The maximum atomic E-state index is 13.5. The predicted octanol–water partition coefficient (Wildman–Crippen LogP) is 3.32. The maximum absolute atomic E-state index is 13.5. The van der Waals surface area contributed by atoms with Crippen LogP contribution in [-0.4, -0.2) is 62.6 Å². The zero-order valence-corrected chi connectivity index (χ0v) is 24.0. The number of ether oxygens (including phenoxy) is 3. The molecule has 0 aromatic heterocycles. The molecule has 1 heterocycles. The van der Waals surface area contributed by atoms with E-state index in [2.05, 4.69) is 17.2 Å². The molecule has 0 aromatic rings. The van der Waals surface area contributed by atoms with Crippen LogP contribution in [0.1, 0.15) is 46.5 Å². The molecule has 40 heavy (non-hydrogen) atoms. The van der Waals surface area contributed by atoms with E-state index in [0.717, 1.165) is 11.6 Å². The third kappa shape index (κ3) is 9.17. The highest BCUT2D eigenvalue weighted by Gasteiger charge is 2.31. The molecule has 4 atom stereocenters. The Morgan fingerprint density at radius 2 is 1.95 bits per heavy atom. The lowest BCUT2D eigenvalue weighted by Gasteiger charge is -2.25. The van der Waals surface area contributed by atoms with Crippen LogP contribution in [0.3, 0.4) is 0 Å². The SMILES string of the molecule is C=CCNC1=C2C[C@@H](C)C[C@H](OC)CC/C=C(\C)C(OC(N)=O)C(OC)/C=C\C=C(/C)C(=O)NC(=CC1=O)C2=O. The van der Waals surface area contributed by atoms with E-state index in [9.17, 15) is 19.2 Å². The smallest absolute Gasteiger partial charge is 0.405 e. The molecule has 4 N–H and O–H groups in total. The summed E-state index contributed by atoms with van der Waals surface area (Å²) in [7, 11) is 3.10. The van der Waals surface area contributed by atoms with Gasteiger partial charge in [-0.1, -0.05) is 37.3 Å². The second-order valence-electron chi connectivity index (χ2n) is 9.95. The summed E-state index contributed by atoms with van der Waals surface area (Å²) < 4.78 is 16.6. The Morgan fingerprint density at radius 3 is 2.58 bits per heavy atom. The van der Waals surface area contributed by atoms with Crippen molar-refractivity contribution in [1.82, 2.24) is 10.6 Å². The number of nitrogens with one attached hydrogen (secondary N) is 2. The fourth-order valence-corrected chi connectivity index (χ4v) is 4.63. The van der Waals surface area contributed by atoms with Crippen molar-refractivity contribution in [2.45, 2.75) is 64.8 Å². The number of methoxy groups -OCH3 is 2. The lowest BCUT2D eigenvalue weighted by Crippen LogP contribution is -2.36. The van der Waals surface area contributed by atoms with Crippen molar-refractivity contribution < 1.29 is 33.4 Å². The topological polar surface area (TPSA) is 146 Å². The van der Waals surface area contributed by atoms with E-state index in [1.165, 1.54) is 13.2 Å². The fraction of sp³-hybridized carbons (Fsp3) is 0.467. The van der Waals surface area contributed by atoms with Crippen LogP contribution in [0.2, 0.25) is 0 Å². The van der Waals surface area contributed by atoms with E-state index < -0.39 is 35.8 Å². The average Bonchev–Trinajstić information content (AvgIpc) is 2.90. The summed E-state index contributed by atoms with van der Waals surface area (Å²) in [5.74, 6) is -1.36. The monoisotopic (exact) mass is 555 g/mol. The van der Waals surface area contributed by atoms with E-state index in [1.54, 1.807) is 32.3 Å². The van der Waals surface area contributed by atoms with E-state index in [1.807, 2.05) is 19.9 Å². The van der Waals surface area contributed by atoms with Gasteiger partial charge < -0.3 is 30.6 Å². The lowest BCUT2D eigenvalue weighted by molar-refractivity contribution is -0.120. The highest BCUT2D eigenvalue weighted by atomic mass is 16.6. The normalized spacial score (nSPS) is 28.8. The van der Waals surface area contributed by atoms with Crippen molar-refractivity contribution in [1.29, 1.82) is 0 Å². The van der Waals surface area contributed by atoms with Gasteiger partial charge in [-0.3, -0.25) is 14.4 Å². The molecule has 0 spiro atoms. The minimum absolute atomic E-state index is 0.0194. The van der Waals surface area contributed by atoms with Crippen molar-refractivity contribution in [3.05, 3.63) is 71.1 Å². The van der Waals surface area contributed by atoms with Crippen molar-refractivity contribution >= 4 is 23.6 Å². The Morgan fingerprint density at radius 1 is 1.23 bits per heavy atom. The van der Waals surface area contributed by atoms with Crippen molar-refractivity contribution in [2.24, 2.45) is 11.7 Å². The number of nitrogens with two attached hydrogens (primary N) is 1. The van der Waals surface area contributed by atoms with Gasteiger partial charge in [0.2, 0.25) is 11.6 Å². The van der Waals surface area contributed by atoms with Gasteiger partial charge in [-0.05, 0) is 51.0 Å². The molecule has 0 fully saturated rings. The summed E-state index contributed by atoms with van der Waals surface area (Å²) in [4.78, 5) is 51.0. The molecule has 2 rings (SSSR count). The van der Waals surface area contributed by atoms with Crippen molar-refractivity contribution in [3.63, 3.8) is 0 Å². The summed E-state index contributed by atoms with van der Waals surface area (Å²) in [5, 5.41) is 5.59. The number of amides is 2. The zero-order chi connectivity index (χ0) is 29.8. The van der Waals surface area contributed by atoms with Crippen LogP contribution in [0.4, 0.5) is 4.79 Å². The second-order valence-corrected chi connectivity index (χ2v) is 9.95. The highest BCUT2D eigenvalue weighted by Crippen LogP contribution is 2.27. The van der Waals surface area contributed by atoms with Gasteiger partial charge in [0, 0.05) is 38.0 Å². The molecule has 10 heteroatoms. The minimum atomic E-state index is -0.934. The molecule has 2 unspecified atom stereocenters. The molecule has 1 aliphatic heterocycles. The molecule has 2 bridgehead atoms. The first-order valence-corrected chi connectivity index (χ1v) is 13.3. The molecule has 0 aromatic carbocycles. The number of fused-ring (bicyclic) bond motifs is 2. The van der Waals surface area contributed by atoms with E-state index in [0.29, 0.717) is 37.8 Å². The largest absolute Gasteiger partial charge is 0.439 e. The second kappa shape index (κ2) is 15.7. The van der Waals surface area contributed by atoms with Crippen LogP contribution < -0.4 is 16.4 Å². The molecule has 0 saturated carbocycles. The summed E-state index contributed by atoms with van der Waals surface area (Å²) in [5.41, 5.74) is 6.81. The lowest BCUT2D eigenvalue weighted by atomic mass is 9.87. The molecule has 0 radical (unpaired) electrons. The molecule has 1 aliphatic carbocycles. The van der Waals surface area contributed by atoms with Crippen LogP contribution >= 0.6 is 0 Å². The number of rotatable bonds is 6. The summed E-state index contributed by atoms with van der Waals surface area (Å²) >= 11 is 0. The Hall–Kier alpha value is -3.76. The first-order chi connectivity index (χ1) is 19.0. The average molecular weight is 556 g/mol. The van der Waals surface area contributed by atoms with Gasteiger partial charge in [0.05, 0.1) is 17.5 Å². The zero-order valence-electron chi connectivity index (χ0n) is 24.0. The number of ketones is 2. The number of allylic oxidation sites excluding steroid dienone is 5. The maximum Gasteiger partial charge on any atom is 0.405 e. The standard InChI is InChI=1S/C30H41N3O7/c1-7-14-32-26-22-16-18(2)15-21(38-5)12-8-10-19(3)28(40-30(31)37)25(39-6)13-9-11-20(4)29(36)33-23(27(22)35)17-24(26)34/h7,9-11,13,17-18,21,25,28,32H,1,8,12,14-16H2,2-6H3,(H2,31,37)(H,33,36)/b13-9-,19-10+,20-11+/t18-,21+,25?,28?/m0/s1. The molecule has 2 amide bonds. The van der Waals surface area contributed by atoms with Crippen molar-refractivity contribution in [3.8, 4) is 0 Å². The number of primary amides is 1. The third-order valence-electron chi connectivity index (χ3n) is 6.79. The van der Waals surface area contributed by atoms with Crippen LogP contribution in [0.25, 0.3) is 0 Å². The Bertz CT molecular complexity index is 1150. The number of carbonyl (C=O) groups is 4. The predicted molar refractivity (Wildman–Crippen MR) is 152 cm³/mol. The molecule has 10 nitrogen and oxygen atoms in total. The Kier molecular flexibility index (Phi) is 12.8. The van der Waals surface area contributed by atoms with E-state index >= 15 is 0 Å². The van der Waals surface area contributed by atoms with Gasteiger partial charge in [0.25, 0.3) is 5.91 Å². The Balaban J connectivity index is 2.51. The summed E-state index contributed by atoms with van der Waals surface area (Å²) in [6, 6.07) is 0. The van der Waals surface area contributed by atoms with Crippen LogP contribution in [0.15, 0.2) is 71.1 Å². The van der Waals surface area contributed by atoms with Crippen LogP contribution in [0, 0.1) is 5.92 Å². The van der Waals surface area contributed by atoms with E-state index in [-0.39, 0.29) is 29.0 Å². The summed E-state index contributed by atoms with van der Waals surface area (Å²) in [6.45, 7) is 9.37. The number of Topliss-reactive ketones (excluding diaryl/α,β-unsaturated/α-hetero) is 1. The number of hydrogen-bond acceptors (Lipinski definition) is 8. The number of carbonyl (C=O) groups excluding carboxylic acids is 4. The Labute approximate surface area is 236 Å². The van der Waals surface area contributed by atoms with Crippen LogP contribution in [0.5, 0.6) is 0 Å². The minimum Gasteiger partial charge on any atom is -0.439 e. The van der Waals surface area contributed by atoms with Gasteiger partial charge in [-0.2, -0.15) is 0 Å². The molecule has 2 aliphatic rings. The molecular weight excluding hydrogens is 514 g/mol. The van der Waals surface area contributed by atoms with Gasteiger partial charge in [-0.25, -0.2) is 4.79 Å². The highest BCUT2D eigenvalue weighted by molar-refractivity contribution is 6.23. The molecule has 218 valence electrons. The van der Waals surface area contributed by atoms with Gasteiger partial charge >= 0.3 is 6.09 Å². The number of hydrogen-bond donors (Lipinski definition) is 3. The first-order valence-electron chi connectivity index (χ1n) is 13.3. The third-order valence-corrected chi connectivity index (χ3v) is 6.79. The first kappa shape index (κ1) is 32.5. The van der Waals surface area contributed by atoms with Gasteiger partial charge in [0.15, 0.2) is 6.10 Å². The fourth-order valence-electron chi connectivity index (χ4n) is 4.63. The summed E-state index contributed by atoms with van der Waals surface area (Å²) in [6.07, 6.45) is 9.19.